The van der Waals surface area contributed by atoms with Gasteiger partial charge in [0, 0.05) is 27.9 Å². The van der Waals surface area contributed by atoms with E-state index < -0.39 is 5.91 Å². The van der Waals surface area contributed by atoms with Crippen LogP contribution in [-0.4, -0.2) is 10.5 Å². The van der Waals surface area contributed by atoms with Crippen molar-refractivity contribution in [3.05, 3.63) is 94.5 Å². The van der Waals surface area contributed by atoms with Crippen LogP contribution in [0.1, 0.15) is 21.5 Å². The lowest BCUT2D eigenvalue weighted by molar-refractivity contribution is 0.100. The summed E-state index contributed by atoms with van der Waals surface area (Å²) in [5, 5.41) is 4.72. The first-order chi connectivity index (χ1) is 14.0. The largest absolute Gasteiger partial charge is 0.366 e. The Labute approximate surface area is 173 Å². The molecule has 0 fully saturated rings. The van der Waals surface area contributed by atoms with Crippen LogP contribution < -0.4 is 5.73 Å². The van der Waals surface area contributed by atoms with Crippen molar-refractivity contribution in [2.45, 2.75) is 13.5 Å². The quantitative estimate of drug-likeness (QED) is 0.407. The molecule has 2 N–H and O–H groups in total. The Morgan fingerprint density at radius 1 is 1.03 bits per heavy atom. The van der Waals surface area contributed by atoms with E-state index in [0.717, 1.165) is 21.8 Å². The number of hydrogen-bond donors (Lipinski definition) is 1. The van der Waals surface area contributed by atoms with Crippen molar-refractivity contribution in [3.8, 4) is 0 Å². The van der Waals surface area contributed by atoms with Gasteiger partial charge in [-0.25, -0.2) is 0 Å². The first-order valence-corrected chi connectivity index (χ1v) is 9.80. The van der Waals surface area contributed by atoms with E-state index >= 15 is 0 Å². The van der Waals surface area contributed by atoms with Gasteiger partial charge in [-0.05, 0) is 59.7 Å². The van der Waals surface area contributed by atoms with Gasteiger partial charge in [0.25, 0.3) is 0 Å². The lowest BCUT2D eigenvalue weighted by Gasteiger charge is -2.10. The van der Waals surface area contributed by atoms with Crippen LogP contribution in [-0.2, 0) is 6.54 Å². The second kappa shape index (κ2) is 6.64. The van der Waals surface area contributed by atoms with Crippen LogP contribution in [0, 0.1) is 13.0 Å². The predicted molar refractivity (Wildman–Crippen MR) is 120 cm³/mol. The highest BCUT2D eigenvalue weighted by Gasteiger charge is 2.17. The van der Waals surface area contributed by atoms with Crippen molar-refractivity contribution >= 4 is 50.1 Å². The summed E-state index contributed by atoms with van der Waals surface area (Å²) in [6.45, 7) is 2.75. The topological polar surface area (TPSA) is 48.0 Å². The number of benzene rings is 4. The number of amides is 1. The minimum Gasteiger partial charge on any atom is -0.366 e. The molecule has 0 unspecified atom stereocenters. The zero-order valence-corrected chi connectivity index (χ0v) is 16.6. The average Bonchev–Trinajstić information content (AvgIpc) is 3.01. The molecule has 0 aliphatic carbocycles. The molecule has 4 aromatic carbocycles. The number of nitrogens with two attached hydrogens (primary N) is 1. The van der Waals surface area contributed by atoms with E-state index in [0.29, 0.717) is 17.1 Å². The van der Waals surface area contributed by atoms with Crippen LogP contribution in [0.15, 0.2) is 66.7 Å². The zero-order valence-electron chi connectivity index (χ0n) is 15.9. The molecule has 3 nitrogen and oxygen atoms in total. The Hall–Kier alpha value is -3.30. The van der Waals surface area contributed by atoms with Crippen molar-refractivity contribution in [1.29, 1.82) is 0 Å². The third kappa shape index (κ3) is 2.95. The number of rotatable bonds is 3. The Bertz CT molecular complexity index is 1430. The van der Waals surface area contributed by atoms with Gasteiger partial charge in [-0.1, -0.05) is 53.6 Å². The van der Waals surface area contributed by atoms with E-state index in [1.807, 2.05) is 18.2 Å². The SMILES string of the molecule is Cc1ccc2cc(Cn3c4cc(Cl)c[c]c4c4c(C(N)=O)cccc43)ccc2c1. The molecule has 1 heterocycles. The molecule has 1 aromatic heterocycles. The molecule has 0 atom stereocenters. The summed E-state index contributed by atoms with van der Waals surface area (Å²) >= 11 is 6.28. The normalized spacial score (nSPS) is 11.5. The molecular weight excluding hydrogens is 380 g/mol. The molecule has 1 amide bonds. The van der Waals surface area contributed by atoms with Gasteiger partial charge in [-0.3, -0.25) is 4.79 Å². The number of carbonyl (C=O) groups is 1. The third-order valence-corrected chi connectivity index (χ3v) is 5.64. The maximum atomic E-state index is 12.0. The zero-order chi connectivity index (χ0) is 20.1. The van der Waals surface area contributed by atoms with E-state index in [1.54, 1.807) is 12.1 Å². The summed E-state index contributed by atoms with van der Waals surface area (Å²) in [6, 6.07) is 25.5. The van der Waals surface area contributed by atoms with Gasteiger partial charge in [0.1, 0.15) is 0 Å². The minimum absolute atomic E-state index is 0.445. The van der Waals surface area contributed by atoms with Crippen LogP contribution in [0.3, 0.4) is 0 Å². The van der Waals surface area contributed by atoms with Gasteiger partial charge >= 0.3 is 0 Å². The molecule has 0 aliphatic rings. The fourth-order valence-corrected chi connectivity index (χ4v) is 4.26. The number of halogens is 1. The van der Waals surface area contributed by atoms with Gasteiger partial charge in [-0.15, -0.1) is 0 Å². The first-order valence-electron chi connectivity index (χ1n) is 9.42. The van der Waals surface area contributed by atoms with Crippen LogP contribution in [0.25, 0.3) is 32.6 Å². The summed E-state index contributed by atoms with van der Waals surface area (Å²) in [5.74, 6) is -0.445. The minimum atomic E-state index is -0.445. The van der Waals surface area contributed by atoms with Crippen LogP contribution in [0.2, 0.25) is 5.02 Å². The highest BCUT2D eigenvalue weighted by molar-refractivity contribution is 6.31. The maximum Gasteiger partial charge on any atom is 0.249 e. The van der Waals surface area contributed by atoms with Gasteiger partial charge in [0.2, 0.25) is 5.91 Å². The van der Waals surface area contributed by atoms with Gasteiger partial charge in [0.05, 0.1) is 11.0 Å². The summed E-state index contributed by atoms with van der Waals surface area (Å²) in [4.78, 5) is 12.0. The van der Waals surface area contributed by atoms with Gasteiger partial charge < -0.3 is 10.3 Å². The maximum absolute atomic E-state index is 12.0. The highest BCUT2D eigenvalue weighted by atomic mass is 35.5. The van der Waals surface area contributed by atoms with E-state index in [1.165, 1.54) is 21.9 Å². The second-order valence-electron chi connectivity index (χ2n) is 7.41. The van der Waals surface area contributed by atoms with Crippen LogP contribution >= 0.6 is 11.6 Å². The predicted octanol–water partition coefficient (Wildman–Crippen LogP) is 5.86. The smallest absolute Gasteiger partial charge is 0.249 e. The lowest BCUT2D eigenvalue weighted by atomic mass is 10.0. The number of primary amides is 1. The Morgan fingerprint density at radius 2 is 1.83 bits per heavy atom. The third-order valence-electron chi connectivity index (χ3n) is 5.43. The van der Waals surface area contributed by atoms with Gasteiger partial charge in [-0.2, -0.15) is 0 Å². The van der Waals surface area contributed by atoms with Crippen molar-refractivity contribution in [1.82, 2.24) is 4.57 Å². The Morgan fingerprint density at radius 3 is 2.66 bits per heavy atom. The fraction of sp³-hybridized carbons (Fsp3) is 0.0800. The molecule has 141 valence electrons. The molecule has 1 radical (unpaired) electrons. The van der Waals surface area contributed by atoms with E-state index in [4.69, 9.17) is 17.3 Å². The number of aromatic nitrogens is 1. The standard InChI is InChI=1S/C25H18ClN2O/c1-15-5-7-18-12-16(6-8-17(18)11-15)14-28-22-4-2-3-21(25(27)29)24(22)20-10-9-19(26)13-23(20)28/h2-9,11-13H,14H2,1H3,(H2,27,29). The highest BCUT2D eigenvalue weighted by Crippen LogP contribution is 2.33. The summed E-state index contributed by atoms with van der Waals surface area (Å²) in [7, 11) is 0. The molecular formula is C25H18ClN2O. The molecule has 5 aromatic rings. The number of fused-ring (bicyclic) bond motifs is 4. The fourth-order valence-electron chi connectivity index (χ4n) is 4.10. The molecule has 0 bridgehead atoms. The number of carbonyl (C=O) groups excluding carboxylic acids is 1. The molecule has 29 heavy (non-hydrogen) atoms. The van der Waals surface area contributed by atoms with Crippen molar-refractivity contribution in [3.63, 3.8) is 0 Å². The monoisotopic (exact) mass is 397 g/mol. The molecule has 0 aliphatic heterocycles. The van der Waals surface area contributed by atoms with Crippen molar-refractivity contribution in [2.75, 3.05) is 0 Å². The van der Waals surface area contributed by atoms with E-state index in [-0.39, 0.29) is 0 Å². The van der Waals surface area contributed by atoms with Crippen LogP contribution in [0.5, 0.6) is 0 Å². The molecule has 0 spiro atoms. The second-order valence-corrected chi connectivity index (χ2v) is 7.85. The number of aryl methyl sites for hydroxylation is 1. The number of nitrogens with zero attached hydrogens (tertiary/aromatic N) is 1. The summed E-state index contributed by atoms with van der Waals surface area (Å²) in [5.41, 5.74) is 10.4. The van der Waals surface area contributed by atoms with Crippen molar-refractivity contribution in [2.24, 2.45) is 5.73 Å². The lowest BCUT2D eigenvalue weighted by Crippen LogP contribution is -2.11. The average molecular weight is 398 g/mol. The molecule has 5 rings (SSSR count). The van der Waals surface area contributed by atoms with Crippen LogP contribution in [0.4, 0.5) is 0 Å². The van der Waals surface area contributed by atoms with Gasteiger partial charge in [0.15, 0.2) is 0 Å². The van der Waals surface area contributed by atoms with E-state index in [9.17, 15) is 4.79 Å². The molecule has 4 heteroatoms. The summed E-state index contributed by atoms with van der Waals surface area (Å²) < 4.78 is 2.18. The molecule has 0 saturated carbocycles. The van der Waals surface area contributed by atoms with E-state index in [2.05, 4.69) is 54.0 Å². The Kier molecular flexibility index (Phi) is 4.07. The molecule has 0 saturated heterocycles. The number of hydrogen-bond acceptors (Lipinski definition) is 1. The Balaban J connectivity index is 1.75. The first kappa shape index (κ1) is 17.8. The summed E-state index contributed by atoms with van der Waals surface area (Å²) in [6.07, 6.45) is 0. The van der Waals surface area contributed by atoms with Crippen molar-refractivity contribution < 1.29 is 4.79 Å².